The zero-order valence-corrected chi connectivity index (χ0v) is 9.74. The molecule has 0 aliphatic carbocycles. The van der Waals surface area contributed by atoms with Crippen molar-refractivity contribution in [3.63, 3.8) is 0 Å². The van der Waals surface area contributed by atoms with Crippen LogP contribution in [0.3, 0.4) is 0 Å². The Labute approximate surface area is 108 Å². The predicted octanol–water partition coefficient (Wildman–Crippen LogP) is 4.48. The molecule has 2 aromatic carbocycles. The third kappa shape index (κ3) is 3.29. The average molecular weight is 262 g/mol. The van der Waals surface area contributed by atoms with E-state index in [0.717, 1.165) is 12.1 Å². The van der Waals surface area contributed by atoms with Crippen LogP contribution in [-0.4, -0.2) is 0 Å². The second-order valence-corrected chi connectivity index (χ2v) is 3.79. The summed E-state index contributed by atoms with van der Waals surface area (Å²) < 4.78 is 42.5. The van der Waals surface area contributed by atoms with Gasteiger partial charge in [0.25, 0.3) is 0 Å². The molecule has 4 heteroatoms. The molecule has 0 unspecified atom stereocenters. The number of ether oxygens (including phenoxy) is 1. The third-order valence-corrected chi connectivity index (χ3v) is 2.44. The molecule has 0 aromatic heterocycles. The van der Waals surface area contributed by atoms with Crippen molar-refractivity contribution in [3.8, 4) is 23.8 Å². The van der Waals surface area contributed by atoms with Gasteiger partial charge in [0, 0.05) is 5.56 Å². The molecule has 2 rings (SSSR count). The van der Waals surface area contributed by atoms with E-state index >= 15 is 0 Å². The minimum atomic E-state index is -4.34. The lowest BCUT2D eigenvalue weighted by Gasteiger charge is -2.09. The van der Waals surface area contributed by atoms with Crippen LogP contribution in [-0.2, 0) is 6.18 Å². The normalized spacial score (nSPS) is 10.8. The average Bonchev–Trinajstić information content (AvgIpc) is 2.39. The first kappa shape index (κ1) is 13.0. The molecule has 0 aliphatic heterocycles. The molecule has 19 heavy (non-hydrogen) atoms. The summed E-state index contributed by atoms with van der Waals surface area (Å²) in [6.45, 7) is 0. The van der Waals surface area contributed by atoms with E-state index in [9.17, 15) is 13.2 Å². The van der Waals surface area contributed by atoms with Gasteiger partial charge in [0.1, 0.15) is 11.5 Å². The summed E-state index contributed by atoms with van der Waals surface area (Å²) in [6.07, 6.45) is 0.872. The van der Waals surface area contributed by atoms with Gasteiger partial charge in [0.15, 0.2) is 0 Å². The van der Waals surface area contributed by atoms with Crippen LogP contribution in [0.1, 0.15) is 11.1 Å². The van der Waals surface area contributed by atoms with Gasteiger partial charge in [0.2, 0.25) is 0 Å². The number of hydrogen-bond acceptors (Lipinski definition) is 1. The Hall–Kier alpha value is -2.41. The van der Waals surface area contributed by atoms with E-state index in [0.29, 0.717) is 17.1 Å². The summed E-state index contributed by atoms with van der Waals surface area (Å²) in [6, 6.07) is 11.2. The highest BCUT2D eigenvalue weighted by Crippen LogP contribution is 2.31. The molecule has 0 radical (unpaired) electrons. The Morgan fingerprint density at radius 2 is 1.32 bits per heavy atom. The number of hydrogen-bond donors (Lipinski definition) is 0. The molecule has 0 saturated heterocycles. The number of rotatable bonds is 2. The van der Waals surface area contributed by atoms with Crippen LogP contribution in [0.5, 0.6) is 11.5 Å². The van der Waals surface area contributed by atoms with E-state index in [2.05, 4.69) is 5.92 Å². The molecule has 0 heterocycles. The topological polar surface area (TPSA) is 9.23 Å². The molecule has 96 valence electrons. The summed E-state index contributed by atoms with van der Waals surface area (Å²) in [5.41, 5.74) is 0.00213. The molecule has 2 aromatic rings. The van der Waals surface area contributed by atoms with Gasteiger partial charge in [-0.2, -0.15) is 13.2 Å². The summed E-state index contributed by atoms with van der Waals surface area (Å²) in [4.78, 5) is 0. The Balaban J connectivity index is 2.13. The highest BCUT2D eigenvalue weighted by atomic mass is 19.4. The van der Waals surface area contributed by atoms with Crippen LogP contribution in [0.15, 0.2) is 48.5 Å². The first-order valence-corrected chi connectivity index (χ1v) is 5.41. The Bertz CT molecular complexity index is 589. The van der Waals surface area contributed by atoms with Gasteiger partial charge in [-0.25, -0.2) is 0 Å². The molecule has 0 atom stereocenters. The smallest absolute Gasteiger partial charge is 0.416 e. The highest BCUT2D eigenvalue weighted by Gasteiger charge is 2.29. The zero-order chi connectivity index (χ0) is 13.9. The Morgan fingerprint density at radius 1 is 0.842 bits per heavy atom. The fourth-order valence-corrected chi connectivity index (χ4v) is 1.47. The zero-order valence-electron chi connectivity index (χ0n) is 9.74. The maximum Gasteiger partial charge on any atom is 0.416 e. The first-order valence-electron chi connectivity index (χ1n) is 5.41. The molecule has 0 spiro atoms. The van der Waals surface area contributed by atoms with Gasteiger partial charge in [-0.1, -0.05) is 5.92 Å². The van der Waals surface area contributed by atoms with Gasteiger partial charge >= 0.3 is 6.18 Å². The van der Waals surface area contributed by atoms with E-state index in [1.165, 1.54) is 12.1 Å². The quantitative estimate of drug-likeness (QED) is 0.725. The number of benzene rings is 2. The van der Waals surface area contributed by atoms with Crippen LogP contribution >= 0.6 is 0 Å². The van der Waals surface area contributed by atoms with Crippen molar-refractivity contribution in [2.24, 2.45) is 0 Å². The van der Waals surface area contributed by atoms with Crippen molar-refractivity contribution < 1.29 is 17.9 Å². The molecule has 0 amide bonds. The fraction of sp³-hybridized carbons (Fsp3) is 0.0667. The third-order valence-electron chi connectivity index (χ3n) is 2.44. The maximum atomic E-state index is 12.4. The molecule has 1 nitrogen and oxygen atoms in total. The van der Waals surface area contributed by atoms with Gasteiger partial charge in [-0.15, -0.1) is 6.42 Å². The van der Waals surface area contributed by atoms with E-state index < -0.39 is 11.7 Å². The van der Waals surface area contributed by atoms with Gasteiger partial charge in [-0.3, -0.25) is 0 Å². The first-order chi connectivity index (χ1) is 8.99. The SMILES string of the molecule is C#Cc1ccc(Oc2ccc(C(F)(F)F)cc2)cc1. The predicted molar refractivity (Wildman–Crippen MR) is 65.9 cm³/mol. The van der Waals surface area contributed by atoms with Gasteiger partial charge < -0.3 is 4.74 Å². The molecule has 0 aliphatic rings. The van der Waals surface area contributed by atoms with Crippen LogP contribution in [0.2, 0.25) is 0 Å². The minimum absolute atomic E-state index is 0.335. The van der Waals surface area contributed by atoms with Crippen molar-refractivity contribution in [1.29, 1.82) is 0 Å². The van der Waals surface area contributed by atoms with Crippen molar-refractivity contribution in [2.45, 2.75) is 6.18 Å². The van der Waals surface area contributed by atoms with E-state index in [-0.39, 0.29) is 0 Å². The lowest BCUT2D eigenvalue weighted by Crippen LogP contribution is -2.03. The van der Waals surface area contributed by atoms with Crippen LogP contribution < -0.4 is 4.74 Å². The maximum absolute atomic E-state index is 12.4. The molecule has 0 N–H and O–H groups in total. The van der Waals surface area contributed by atoms with Crippen molar-refractivity contribution >= 4 is 0 Å². The minimum Gasteiger partial charge on any atom is -0.457 e. The Morgan fingerprint density at radius 3 is 1.74 bits per heavy atom. The lowest BCUT2D eigenvalue weighted by atomic mass is 10.2. The summed E-state index contributed by atoms with van der Waals surface area (Å²) >= 11 is 0. The number of alkyl halides is 3. The summed E-state index contributed by atoms with van der Waals surface area (Å²) in [5, 5.41) is 0. The van der Waals surface area contributed by atoms with E-state index in [1.807, 2.05) is 0 Å². The van der Waals surface area contributed by atoms with Crippen molar-refractivity contribution in [2.75, 3.05) is 0 Å². The summed E-state index contributed by atoms with van der Waals surface area (Å²) in [5.74, 6) is 3.31. The van der Waals surface area contributed by atoms with Gasteiger partial charge in [-0.05, 0) is 48.5 Å². The molecular formula is C15H9F3O. The van der Waals surface area contributed by atoms with Crippen LogP contribution in [0, 0.1) is 12.3 Å². The van der Waals surface area contributed by atoms with Crippen molar-refractivity contribution in [3.05, 3.63) is 59.7 Å². The van der Waals surface area contributed by atoms with Gasteiger partial charge in [0.05, 0.1) is 5.56 Å². The summed E-state index contributed by atoms with van der Waals surface area (Å²) in [7, 11) is 0. The largest absolute Gasteiger partial charge is 0.457 e. The molecule has 0 bridgehead atoms. The standard InChI is InChI=1S/C15H9F3O/c1-2-11-3-7-13(8-4-11)19-14-9-5-12(6-10-14)15(16,17)18/h1,3-10H. The number of halogens is 3. The van der Waals surface area contributed by atoms with Crippen LogP contribution in [0.4, 0.5) is 13.2 Å². The van der Waals surface area contributed by atoms with Crippen molar-refractivity contribution in [1.82, 2.24) is 0 Å². The second kappa shape index (κ2) is 5.07. The highest BCUT2D eigenvalue weighted by molar-refractivity contribution is 5.39. The van der Waals surface area contributed by atoms with E-state index in [4.69, 9.17) is 11.2 Å². The molecule has 0 saturated carbocycles. The number of terminal acetylenes is 1. The van der Waals surface area contributed by atoms with Crippen LogP contribution in [0.25, 0.3) is 0 Å². The molecule has 0 fully saturated rings. The Kier molecular flexibility index (Phi) is 3.48. The van der Waals surface area contributed by atoms with E-state index in [1.54, 1.807) is 24.3 Å². The monoisotopic (exact) mass is 262 g/mol. The second-order valence-electron chi connectivity index (χ2n) is 3.79. The molecular weight excluding hydrogens is 253 g/mol. The lowest BCUT2D eigenvalue weighted by molar-refractivity contribution is -0.137. The fourth-order valence-electron chi connectivity index (χ4n) is 1.47.